The average Bonchev–Trinajstić information content (AvgIpc) is 2.29. The fourth-order valence-electron chi connectivity index (χ4n) is 1.37. The molecular formula is C11H19ClN4O2. The molecule has 1 aromatic heterocycles. The van der Waals surface area contributed by atoms with Gasteiger partial charge in [-0.3, -0.25) is 0 Å². The fraction of sp³-hybridized carbons (Fsp3) is 0.636. The van der Waals surface area contributed by atoms with Crippen LogP contribution in [-0.4, -0.2) is 40.9 Å². The summed E-state index contributed by atoms with van der Waals surface area (Å²) in [6, 6.07) is 0. The minimum atomic E-state index is -0.909. The average molecular weight is 275 g/mol. The highest BCUT2D eigenvalue weighted by Gasteiger charge is 2.20. The van der Waals surface area contributed by atoms with E-state index in [1.54, 1.807) is 21.0 Å². The van der Waals surface area contributed by atoms with E-state index in [1.807, 2.05) is 0 Å². The molecule has 0 fully saturated rings. The number of methoxy groups -OCH3 is 1. The Balaban J connectivity index is 2.68. The van der Waals surface area contributed by atoms with Crippen LogP contribution in [0.25, 0.3) is 0 Å². The predicted molar refractivity (Wildman–Crippen MR) is 71.8 cm³/mol. The lowest BCUT2D eigenvalue weighted by Gasteiger charge is -2.24. The van der Waals surface area contributed by atoms with Crippen LogP contribution >= 0.6 is 11.6 Å². The first kappa shape index (κ1) is 14.9. The normalized spacial score (nSPS) is 14.3. The number of hydrogen-bond acceptors (Lipinski definition) is 6. The van der Waals surface area contributed by atoms with E-state index in [-0.39, 0.29) is 5.28 Å². The first-order chi connectivity index (χ1) is 8.35. The van der Waals surface area contributed by atoms with E-state index in [9.17, 15) is 5.11 Å². The second kappa shape index (κ2) is 6.17. The van der Waals surface area contributed by atoms with Gasteiger partial charge in [0.25, 0.3) is 0 Å². The van der Waals surface area contributed by atoms with Crippen molar-refractivity contribution >= 4 is 23.1 Å². The summed E-state index contributed by atoms with van der Waals surface area (Å²) in [5.41, 5.74) is 5.96. The van der Waals surface area contributed by atoms with E-state index in [0.29, 0.717) is 36.8 Å². The number of nitrogens with one attached hydrogen (secondary N) is 1. The molecule has 6 nitrogen and oxygen atoms in total. The molecule has 102 valence electrons. The quantitative estimate of drug-likeness (QED) is 0.676. The van der Waals surface area contributed by atoms with Crippen molar-refractivity contribution in [3.05, 3.63) is 11.0 Å². The summed E-state index contributed by atoms with van der Waals surface area (Å²) in [4.78, 5) is 7.93. The van der Waals surface area contributed by atoms with Crippen molar-refractivity contribution in [3.63, 3.8) is 0 Å². The molecule has 0 aliphatic rings. The van der Waals surface area contributed by atoms with Crippen LogP contribution in [0.5, 0.6) is 0 Å². The van der Waals surface area contributed by atoms with Gasteiger partial charge in [0, 0.05) is 26.7 Å². The summed E-state index contributed by atoms with van der Waals surface area (Å²) < 4.78 is 4.93. The molecule has 0 aromatic carbocycles. The van der Waals surface area contributed by atoms with E-state index in [4.69, 9.17) is 22.1 Å². The molecule has 1 aromatic rings. The van der Waals surface area contributed by atoms with Gasteiger partial charge in [-0.05, 0) is 25.4 Å². The first-order valence-electron chi connectivity index (χ1n) is 5.60. The Bertz CT molecular complexity index is 412. The van der Waals surface area contributed by atoms with E-state index in [2.05, 4.69) is 15.3 Å². The summed E-state index contributed by atoms with van der Waals surface area (Å²) in [6.07, 6.45) is 0.508. The van der Waals surface area contributed by atoms with Gasteiger partial charge in [-0.1, -0.05) is 0 Å². The fourth-order valence-corrected chi connectivity index (χ4v) is 1.58. The first-order valence-corrected chi connectivity index (χ1v) is 5.98. The van der Waals surface area contributed by atoms with Gasteiger partial charge < -0.3 is 20.9 Å². The van der Waals surface area contributed by atoms with Crippen LogP contribution in [-0.2, 0) is 4.74 Å². The highest BCUT2D eigenvalue weighted by atomic mass is 35.5. The minimum absolute atomic E-state index is 0.126. The number of aromatic nitrogens is 2. The molecule has 0 saturated carbocycles. The number of ether oxygens (including phenoxy) is 1. The molecule has 0 spiro atoms. The third kappa shape index (κ3) is 4.29. The SMILES string of the molecule is COCCC(C)(O)CNc1nc(Cl)nc(C)c1N. The number of aryl methyl sites for hydroxylation is 1. The number of halogens is 1. The molecule has 0 radical (unpaired) electrons. The standard InChI is InChI=1S/C11H19ClN4O2/c1-7-8(13)9(16-10(12)15-7)14-6-11(2,17)4-5-18-3/h17H,4-6,13H2,1-3H3,(H,14,15,16). The summed E-state index contributed by atoms with van der Waals surface area (Å²) in [5, 5.41) is 13.2. The molecule has 4 N–H and O–H groups in total. The van der Waals surface area contributed by atoms with Gasteiger partial charge in [0.2, 0.25) is 5.28 Å². The second-order valence-corrected chi connectivity index (χ2v) is 4.77. The summed E-state index contributed by atoms with van der Waals surface area (Å²) >= 11 is 5.76. The van der Waals surface area contributed by atoms with Crippen LogP contribution in [0.1, 0.15) is 19.0 Å². The number of nitrogens with zero attached hydrogens (tertiary/aromatic N) is 2. The maximum atomic E-state index is 10.1. The van der Waals surface area contributed by atoms with Crippen LogP contribution in [0, 0.1) is 6.92 Å². The van der Waals surface area contributed by atoms with Crippen LogP contribution in [0.4, 0.5) is 11.5 Å². The number of anilines is 2. The zero-order valence-electron chi connectivity index (χ0n) is 10.8. The van der Waals surface area contributed by atoms with Gasteiger partial charge >= 0.3 is 0 Å². The Morgan fingerprint density at radius 3 is 2.78 bits per heavy atom. The number of nitrogens with two attached hydrogens (primary N) is 1. The molecule has 0 saturated heterocycles. The predicted octanol–water partition coefficient (Wildman–Crippen LogP) is 1.22. The molecule has 7 heteroatoms. The molecular weight excluding hydrogens is 256 g/mol. The lowest BCUT2D eigenvalue weighted by molar-refractivity contribution is 0.0357. The van der Waals surface area contributed by atoms with E-state index < -0.39 is 5.60 Å². The zero-order chi connectivity index (χ0) is 13.8. The Labute approximate surface area is 112 Å². The monoisotopic (exact) mass is 274 g/mol. The van der Waals surface area contributed by atoms with Gasteiger partial charge in [-0.2, -0.15) is 4.98 Å². The smallest absolute Gasteiger partial charge is 0.224 e. The zero-order valence-corrected chi connectivity index (χ0v) is 11.6. The second-order valence-electron chi connectivity index (χ2n) is 4.43. The largest absolute Gasteiger partial charge is 0.394 e. The molecule has 1 rings (SSSR count). The third-order valence-corrected chi connectivity index (χ3v) is 2.76. The van der Waals surface area contributed by atoms with Crippen LogP contribution in [0.15, 0.2) is 0 Å². The molecule has 0 amide bonds. The molecule has 0 aliphatic heterocycles. The Morgan fingerprint density at radius 1 is 1.50 bits per heavy atom. The number of rotatable bonds is 6. The molecule has 1 heterocycles. The highest BCUT2D eigenvalue weighted by Crippen LogP contribution is 2.21. The van der Waals surface area contributed by atoms with Crippen molar-refractivity contribution in [2.45, 2.75) is 25.9 Å². The topological polar surface area (TPSA) is 93.3 Å². The van der Waals surface area contributed by atoms with E-state index >= 15 is 0 Å². The van der Waals surface area contributed by atoms with E-state index in [1.165, 1.54) is 0 Å². The maximum absolute atomic E-state index is 10.1. The van der Waals surface area contributed by atoms with Gasteiger partial charge in [0.15, 0.2) is 5.82 Å². The number of hydrogen-bond donors (Lipinski definition) is 3. The summed E-state index contributed by atoms with van der Waals surface area (Å²) in [5.74, 6) is 0.435. The molecule has 1 atom stereocenters. The lowest BCUT2D eigenvalue weighted by Crippen LogP contribution is -2.35. The lowest BCUT2D eigenvalue weighted by atomic mass is 10.0. The molecule has 1 unspecified atom stereocenters. The minimum Gasteiger partial charge on any atom is -0.394 e. The van der Waals surface area contributed by atoms with Gasteiger partial charge in [-0.15, -0.1) is 0 Å². The van der Waals surface area contributed by atoms with Crippen molar-refractivity contribution in [1.82, 2.24) is 9.97 Å². The molecule has 0 aliphatic carbocycles. The van der Waals surface area contributed by atoms with Crippen molar-refractivity contribution in [2.75, 3.05) is 31.3 Å². The maximum Gasteiger partial charge on any atom is 0.224 e. The summed E-state index contributed by atoms with van der Waals surface area (Å²) in [6.45, 7) is 4.24. The highest BCUT2D eigenvalue weighted by molar-refractivity contribution is 6.28. The van der Waals surface area contributed by atoms with Gasteiger partial charge in [0.05, 0.1) is 17.0 Å². The number of aliphatic hydroxyl groups is 1. The van der Waals surface area contributed by atoms with Crippen molar-refractivity contribution < 1.29 is 9.84 Å². The van der Waals surface area contributed by atoms with Crippen LogP contribution in [0.3, 0.4) is 0 Å². The van der Waals surface area contributed by atoms with Crippen LogP contribution < -0.4 is 11.1 Å². The molecule has 18 heavy (non-hydrogen) atoms. The summed E-state index contributed by atoms with van der Waals surface area (Å²) in [7, 11) is 1.59. The van der Waals surface area contributed by atoms with Crippen molar-refractivity contribution in [2.24, 2.45) is 0 Å². The van der Waals surface area contributed by atoms with E-state index in [0.717, 1.165) is 0 Å². The van der Waals surface area contributed by atoms with Crippen molar-refractivity contribution in [1.29, 1.82) is 0 Å². The Kier molecular flexibility index (Phi) is 5.13. The van der Waals surface area contributed by atoms with Crippen LogP contribution in [0.2, 0.25) is 5.28 Å². The Morgan fingerprint density at radius 2 is 2.17 bits per heavy atom. The third-order valence-electron chi connectivity index (χ3n) is 2.59. The molecule has 0 bridgehead atoms. The van der Waals surface area contributed by atoms with Gasteiger partial charge in [0.1, 0.15) is 0 Å². The van der Waals surface area contributed by atoms with Gasteiger partial charge in [-0.25, -0.2) is 4.98 Å². The Hall–Kier alpha value is -1.11. The van der Waals surface area contributed by atoms with Crippen molar-refractivity contribution in [3.8, 4) is 0 Å². The number of nitrogen functional groups attached to an aromatic ring is 1.